The lowest BCUT2D eigenvalue weighted by Gasteiger charge is -2.35. The van der Waals surface area contributed by atoms with E-state index in [1.165, 1.54) is 19.3 Å². The minimum absolute atomic E-state index is 0.246. The van der Waals surface area contributed by atoms with Gasteiger partial charge < -0.3 is 4.90 Å². The molecule has 6 heteroatoms. The average Bonchev–Trinajstić information content (AvgIpc) is 2.90. The highest BCUT2D eigenvalue weighted by Gasteiger charge is 2.37. The highest BCUT2D eigenvalue weighted by atomic mass is 16.2. The molecule has 0 radical (unpaired) electrons. The second kappa shape index (κ2) is 7.51. The third kappa shape index (κ3) is 3.56. The molecule has 142 valence electrons. The van der Waals surface area contributed by atoms with Crippen LogP contribution < -0.4 is 0 Å². The Labute approximate surface area is 156 Å². The molecule has 0 N–H and O–H groups in total. The molecule has 1 amide bonds. The first kappa shape index (κ1) is 17.7. The van der Waals surface area contributed by atoms with Gasteiger partial charge in [-0.25, -0.2) is 4.68 Å². The normalized spacial score (nSPS) is 27.2. The molecule has 1 unspecified atom stereocenters. The Hall–Kier alpha value is -1.69. The Bertz CT molecular complexity index is 676. The van der Waals surface area contributed by atoms with E-state index in [1.54, 1.807) is 0 Å². The minimum Gasteiger partial charge on any atom is -0.336 e. The van der Waals surface area contributed by atoms with E-state index < -0.39 is 0 Å². The van der Waals surface area contributed by atoms with Gasteiger partial charge in [-0.05, 0) is 51.6 Å². The Morgan fingerprint density at radius 2 is 1.96 bits per heavy atom. The van der Waals surface area contributed by atoms with Crippen LogP contribution in [0, 0.1) is 5.41 Å². The van der Waals surface area contributed by atoms with E-state index in [0.29, 0.717) is 12.5 Å². The number of aryl methyl sites for hydroxylation is 1. The molecule has 0 spiro atoms. The van der Waals surface area contributed by atoms with Gasteiger partial charge in [-0.3, -0.25) is 9.69 Å². The number of allylic oxidation sites excluding steroid dienone is 2. The largest absolute Gasteiger partial charge is 0.336 e. The average molecular weight is 358 g/mol. The highest BCUT2D eigenvalue weighted by molar-refractivity contribution is 5.82. The number of hydrogen-bond acceptors (Lipinski definition) is 4. The second-order valence-corrected chi connectivity index (χ2v) is 8.40. The molecule has 1 fully saturated rings. The maximum atomic E-state index is 13.3. The number of hydrogen-bond donors (Lipinski definition) is 0. The number of likely N-dealkylation sites (tertiary alicyclic amines) is 1. The van der Waals surface area contributed by atoms with Crippen molar-refractivity contribution in [3.05, 3.63) is 23.5 Å². The van der Waals surface area contributed by atoms with Gasteiger partial charge in [0.05, 0.1) is 17.7 Å². The lowest BCUT2D eigenvalue weighted by Crippen LogP contribution is -2.42. The summed E-state index contributed by atoms with van der Waals surface area (Å²) in [5.41, 5.74) is 1.97. The number of amides is 1. The van der Waals surface area contributed by atoms with Crippen LogP contribution in [0.3, 0.4) is 0 Å². The molecular formula is C20H31N5O. The zero-order valence-corrected chi connectivity index (χ0v) is 16.0. The SMILES string of the molecule is CC1(C(=O)N2CCCn3nnc(CN4CCCCC4)c3C2)CC=CCC1. The van der Waals surface area contributed by atoms with Crippen LogP contribution in [0.15, 0.2) is 12.2 Å². The topological polar surface area (TPSA) is 54.3 Å². The Morgan fingerprint density at radius 3 is 2.73 bits per heavy atom. The number of aromatic nitrogens is 3. The standard InChI is InChI=1S/C20H31N5O/c1-20(9-4-2-5-10-20)19(26)24-13-8-14-25-18(16-24)17(21-22-25)15-23-11-6-3-7-12-23/h2,4H,3,5-16H2,1H3. The van der Waals surface area contributed by atoms with E-state index in [0.717, 1.165) is 69.8 Å². The summed E-state index contributed by atoms with van der Waals surface area (Å²) in [5, 5.41) is 8.88. The monoisotopic (exact) mass is 357 g/mol. The smallest absolute Gasteiger partial charge is 0.229 e. The zero-order valence-electron chi connectivity index (χ0n) is 16.0. The summed E-state index contributed by atoms with van der Waals surface area (Å²) in [6, 6.07) is 0. The molecule has 26 heavy (non-hydrogen) atoms. The molecule has 2 aliphatic heterocycles. The van der Waals surface area contributed by atoms with Gasteiger partial charge >= 0.3 is 0 Å². The van der Waals surface area contributed by atoms with E-state index in [4.69, 9.17) is 0 Å². The first-order valence-electron chi connectivity index (χ1n) is 10.2. The number of carbonyl (C=O) groups excluding carboxylic acids is 1. The zero-order chi connectivity index (χ0) is 18.0. The number of piperidine rings is 1. The quantitative estimate of drug-likeness (QED) is 0.781. The van der Waals surface area contributed by atoms with Crippen LogP contribution in [-0.2, 0) is 24.4 Å². The number of nitrogens with zero attached hydrogens (tertiary/aromatic N) is 5. The molecule has 4 rings (SSSR count). The molecule has 1 atom stereocenters. The van der Waals surface area contributed by atoms with Crippen molar-refractivity contribution in [2.45, 2.75) is 71.5 Å². The van der Waals surface area contributed by atoms with Crippen molar-refractivity contribution in [1.29, 1.82) is 0 Å². The summed E-state index contributed by atoms with van der Waals surface area (Å²) in [7, 11) is 0. The lowest BCUT2D eigenvalue weighted by molar-refractivity contribution is -0.142. The van der Waals surface area contributed by atoms with Gasteiger partial charge in [0.1, 0.15) is 5.69 Å². The van der Waals surface area contributed by atoms with Crippen LogP contribution in [0.5, 0.6) is 0 Å². The van der Waals surface area contributed by atoms with E-state index in [1.807, 2.05) is 4.68 Å². The maximum absolute atomic E-state index is 13.3. The summed E-state index contributed by atoms with van der Waals surface area (Å²) in [4.78, 5) is 17.8. The van der Waals surface area contributed by atoms with E-state index >= 15 is 0 Å². The van der Waals surface area contributed by atoms with Crippen molar-refractivity contribution >= 4 is 5.91 Å². The third-order valence-electron chi connectivity index (χ3n) is 6.28. The fourth-order valence-corrected chi connectivity index (χ4v) is 4.56. The fourth-order valence-electron chi connectivity index (χ4n) is 4.56. The van der Waals surface area contributed by atoms with Gasteiger partial charge in [-0.15, -0.1) is 5.10 Å². The minimum atomic E-state index is -0.246. The van der Waals surface area contributed by atoms with E-state index in [9.17, 15) is 4.79 Å². The highest BCUT2D eigenvalue weighted by Crippen LogP contribution is 2.35. The van der Waals surface area contributed by atoms with Crippen molar-refractivity contribution in [2.75, 3.05) is 19.6 Å². The number of rotatable bonds is 3. The predicted molar refractivity (Wildman–Crippen MR) is 100 cm³/mol. The first-order chi connectivity index (χ1) is 12.7. The Balaban J connectivity index is 1.51. The summed E-state index contributed by atoms with van der Waals surface area (Å²) in [6.07, 6.45) is 12.1. The molecule has 6 nitrogen and oxygen atoms in total. The Morgan fingerprint density at radius 1 is 1.12 bits per heavy atom. The number of carbonyl (C=O) groups is 1. The third-order valence-corrected chi connectivity index (χ3v) is 6.28. The molecule has 0 saturated carbocycles. The van der Waals surface area contributed by atoms with Crippen LogP contribution in [0.2, 0.25) is 0 Å². The van der Waals surface area contributed by atoms with Crippen LogP contribution in [0.1, 0.15) is 63.3 Å². The van der Waals surface area contributed by atoms with E-state index in [-0.39, 0.29) is 5.41 Å². The van der Waals surface area contributed by atoms with E-state index in [2.05, 4.69) is 39.2 Å². The summed E-state index contributed by atoms with van der Waals surface area (Å²) in [6.45, 7) is 7.66. The van der Waals surface area contributed by atoms with Crippen molar-refractivity contribution in [2.24, 2.45) is 5.41 Å². The molecule has 1 aliphatic carbocycles. The molecule has 1 aromatic heterocycles. The second-order valence-electron chi connectivity index (χ2n) is 8.40. The van der Waals surface area contributed by atoms with Gasteiger partial charge in [-0.1, -0.05) is 30.7 Å². The van der Waals surface area contributed by atoms with Gasteiger partial charge in [0.25, 0.3) is 0 Å². The molecule has 1 saturated heterocycles. The summed E-state index contributed by atoms with van der Waals surface area (Å²) < 4.78 is 2.04. The maximum Gasteiger partial charge on any atom is 0.229 e. The lowest BCUT2D eigenvalue weighted by atomic mass is 9.77. The van der Waals surface area contributed by atoms with Crippen LogP contribution in [0.4, 0.5) is 0 Å². The molecule has 3 heterocycles. The first-order valence-corrected chi connectivity index (χ1v) is 10.2. The van der Waals surface area contributed by atoms with Gasteiger partial charge in [0.2, 0.25) is 5.91 Å². The molecule has 1 aromatic rings. The summed E-state index contributed by atoms with van der Waals surface area (Å²) >= 11 is 0. The van der Waals surface area contributed by atoms with Gasteiger partial charge in [0.15, 0.2) is 0 Å². The summed E-state index contributed by atoms with van der Waals surface area (Å²) in [5.74, 6) is 0.306. The van der Waals surface area contributed by atoms with Crippen molar-refractivity contribution in [3.63, 3.8) is 0 Å². The van der Waals surface area contributed by atoms with Gasteiger partial charge in [0, 0.05) is 19.6 Å². The van der Waals surface area contributed by atoms with Crippen LogP contribution in [0.25, 0.3) is 0 Å². The molecule has 3 aliphatic rings. The van der Waals surface area contributed by atoms with Crippen LogP contribution in [-0.4, -0.2) is 50.3 Å². The number of fused-ring (bicyclic) bond motifs is 1. The fraction of sp³-hybridized carbons (Fsp3) is 0.750. The van der Waals surface area contributed by atoms with Gasteiger partial charge in [-0.2, -0.15) is 0 Å². The molecule has 0 bridgehead atoms. The Kier molecular flexibility index (Phi) is 5.11. The molecule has 0 aromatic carbocycles. The predicted octanol–water partition coefficient (Wildman–Crippen LogP) is 2.74. The van der Waals surface area contributed by atoms with Crippen LogP contribution >= 0.6 is 0 Å². The molecular weight excluding hydrogens is 326 g/mol. The van der Waals surface area contributed by atoms with Crippen molar-refractivity contribution in [3.8, 4) is 0 Å². The van der Waals surface area contributed by atoms with Crippen molar-refractivity contribution in [1.82, 2.24) is 24.8 Å². The van der Waals surface area contributed by atoms with Crippen molar-refractivity contribution < 1.29 is 4.79 Å².